The predicted octanol–water partition coefficient (Wildman–Crippen LogP) is 1.01. The molecule has 0 aliphatic carbocycles. The van der Waals surface area contributed by atoms with Crippen LogP contribution < -0.4 is 5.32 Å². The van der Waals surface area contributed by atoms with Crippen molar-refractivity contribution in [2.24, 2.45) is 0 Å². The molecule has 18 heavy (non-hydrogen) atoms. The van der Waals surface area contributed by atoms with Crippen LogP contribution in [0.2, 0.25) is 0 Å². The van der Waals surface area contributed by atoms with Crippen molar-refractivity contribution < 1.29 is 5.11 Å². The standard InChI is InChI=1S/C14H33N3O/c1-6-17(7-2)12-14(18)11-15-9-8-10-16(5)13(3)4/h13-15,18H,6-12H2,1-5H3. The molecule has 0 heterocycles. The fourth-order valence-electron chi connectivity index (χ4n) is 1.82. The lowest BCUT2D eigenvalue weighted by atomic mass is 10.3. The van der Waals surface area contributed by atoms with Crippen LogP contribution in [0.5, 0.6) is 0 Å². The van der Waals surface area contributed by atoms with Crippen molar-refractivity contribution in [1.82, 2.24) is 15.1 Å². The van der Waals surface area contributed by atoms with E-state index < -0.39 is 0 Å². The molecular formula is C14H33N3O. The van der Waals surface area contributed by atoms with Crippen LogP contribution in [-0.2, 0) is 0 Å². The molecule has 0 radical (unpaired) electrons. The molecule has 1 unspecified atom stereocenters. The third kappa shape index (κ3) is 8.86. The number of nitrogens with one attached hydrogen (secondary N) is 1. The van der Waals surface area contributed by atoms with Gasteiger partial charge in [-0.3, -0.25) is 0 Å². The van der Waals surface area contributed by atoms with E-state index in [1.54, 1.807) is 0 Å². The Bertz CT molecular complexity index is 184. The SMILES string of the molecule is CCN(CC)CC(O)CNCCCN(C)C(C)C. The van der Waals surface area contributed by atoms with E-state index >= 15 is 0 Å². The Morgan fingerprint density at radius 3 is 2.28 bits per heavy atom. The van der Waals surface area contributed by atoms with Crippen LogP contribution in [0, 0.1) is 0 Å². The Morgan fingerprint density at radius 1 is 1.17 bits per heavy atom. The Hall–Kier alpha value is -0.160. The summed E-state index contributed by atoms with van der Waals surface area (Å²) >= 11 is 0. The first kappa shape index (κ1) is 17.8. The maximum absolute atomic E-state index is 9.86. The zero-order chi connectivity index (χ0) is 14.0. The molecule has 0 saturated carbocycles. The Kier molecular flexibility index (Phi) is 10.6. The minimum atomic E-state index is -0.257. The number of aliphatic hydroxyl groups is 1. The molecule has 0 aromatic heterocycles. The van der Waals surface area contributed by atoms with Gasteiger partial charge >= 0.3 is 0 Å². The quantitative estimate of drug-likeness (QED) is 0.543. The lowest BCUT2D eigenvalue weighted by Gasteiger charge is -2.23. The van der Waals surface area contributed by atoms with Crippen LogP contribution in [0.25, 0.3) is 0 Å². The molecule has 0 aliphatic rings. The van der Waals surface area contributed by atoms with Crippen LogP contribution in [-0.4, -0.2) is 73.4 Å². The summed E-state index contributed by atoms with van der Waals surface area (Å²) in [6.45, 7) is 14.2. The summed E-state index contributed by atoms with van der Waals surface area (Å²) in [6.07, 6.45) is 0.875. The molecule has 0 amide bonds. The van der Waals surface area contributed by atoms with Crippen molar-refractivity contribution in [2.45, 2.75) is 46.3 Å². The average Bonchev–Trinajstić information content (AvgIpc) is 2.35. The Morgan fingerprint density at radius 2 is 1.78 bits per heavy atom. The van der Waals surface area contributed by atoms with Crippen molar-refractivity contribution in [1.29, 1.82) is 0 Å². The zero-order valence-corrected chi connectivity index (χ0v) is 12.9. The first-order valence-corrected chi connectivity index (χ1v) is 7.32. The van der Waals surface area contributed by atoms with E-state index in [-0.39, 0.29) is 6.10 Å². The fraction of sp³-hybridized carbons (Fsp3) is 1.00. The van der Waals surface area contributed by atoms with Gasteiger partial charge in [0.15, 0.2) is 0 Å². The molecule has 1 atom stereocenters. The van der Waals surface area contributed by atoms with Crippen molar-refractivity contribution in [2.75, 3.05) is 46.3 Å². The van der Waals surface area contributed by atoms with Gasteiger partial charge in [0.2, 0.25) is 0 Å². The summed E-state index contributed by atoms with van der Waals surface area (Å²) in [6, 6.07) is 0.609. The maximum atomic E-state index is 9.86. The number of hydrogen-bond acceptors (Lipinski definition) is 4. The molecule has 0 rings (SSSR count). The monoisotopic (exact) mass is 259 g/mol. The highest BCUT2D eigenvalue weighted by Gasteiger charge is 2.08. The summed E-state index contributed by atoms with van der Waals surface area (Å²) in [4.78, 5) is 4.59. The second-order valence-electron chi connectivity index (χ2n) is 5.27. The van der Waals surface area contributed by atoms with E-state index in [0.717, 1.165) is 39.1 Å². The average molecular weight is 259 g/mol. The third-order valence-corrected chi connectivity index (χ3v) is 3.49. The van der Waals surface area contributed by atoms with E-state index in [4.69, 9.17) is 0 Å². The van der Waals surface area contributed by atoms with E-state index in [1.165, 1.54) is 0 Å². The molecule has 0 fully saturated rings. The Balaban J connectivity index is 3.48. The summed E-state index contributed by atoms with van der Waals surface area (Å²) < 4.78 is 0. The van der Waals surface area contributed by atoms with Crippen LogP contribution in [0.4, 0.5) is 0 Å². The summed E-state index contributed by atoms with van der Waals surface area (Å²) in [5, 5.41) is 13.2. The number of hydrogen-bond donors (Lipinski definition) is 2. The molecule has 0 saturated heterocycles. The lowest BCUT2D eigenvalue weighted by Crippen LogP contribution is -2.39. The largest absolute Gasteiger partial charge is 0.390 e. The molecule has 0 bridgehead atoms. The van der Waals surface area contributed by atoms with Gasteiger partial charge in [0.25, 0.3) is 0 Å². The number of nitrogens with zero attached hydrogens (tertiary/aromatic N) is 2. The van der Waals surface area contributed by atoms with Gasteiger partial charge in [-0.1, -0.05) is 13.8 Å². The van der Waals surface area contributed by atoms with Crippen LogP contribution in [0.15, 0.2) is 0 Å². The van der Waals surface area contributed by atoms with Gasteiger partial charge in [-0.05, 0) is 53.5 Å². The maximum Gasteiger partial charge on any atom is 0.0791 e. The third-order valence-electron chi connectivity index (χ3n) is 3.49. The lowest BCUT2D eigenvalue weighted by molar-refractivity contribution is 0.116. The van der Waals surface area contributed by atoms with E-state index in [2.05, 4.69) is 49.9 Å². The second-order valence-corrected chi connectivity index (χ2v) is 5.27. The summed E-state index contributed by atoms with van der Waals surface area (Å²) in [7, 11) is 2.15. The van der Waals surface area contributed by atoms with Crippen molar-refractivity contribution >= 4 is 0 Å². The molecule has 0 aromatic carbocycles. The van der Waals surface area contributed by atoms with Gasteiger partial charge in [-0.2, -0.15) is 0 Å². The topological polar surface area (TPSA) is 38.7 Å². The van der Waals surface area contributed by atoms with Gasteiger partial charge in [0.1, 0.15) is 0 Å². The second kappa shape index (κ2) is 10.7. The molecule has 0 spiro atoms. The highest BCUT2D eigenvalue weighted by atomic mass is 16.3. The first-order chi connectivity index (χ1) is 8.51. The molecule has 110 valence electrons. The van der Waals surface area contributed by atoms with E-state index in [1.807, 2.05) is 0 Å². The number of likely N-dealkylation sites (N-methyl/N-ethyl adjacent to an activating group) is 1. The van der Waals surface area contributed by atoms with Crippen LogP contribution in [0.3, 0.4) is 0 Å². The van der Waals surface area contributed by atoms with Gasteiger partial charge < -0.3 is 20.2 Å². The van der Waals surface area contributed by atoms with Gasteiger partial charge in [0.05, 0.1) is 6.10 Å². The normalized spacial score (nSPS) is 13.8. The summed E-state index contributed by atoms with van der Waals surface area (Å²) in [5.74, 6) is 0. The van der Waals surface area contributed by atoms with Crippen LogP contribution in [0.1, 0.15) is 34.1 Å². The van der Waals surface area contributed by atoms with Gasteiger partial charge in [-0.25, -0.2) is 0 Å². The highest BCUT2D eigenvalue weighted by molar-refractivity contribution is 4.66. The smallest absolute Gasteiger partial charge is 0.0791 e. The number of rotatable bonds is 11. The minimum Gasteiger partial charge on any atom is -0.390 e. The molecule has 0 aromatic rings. The highest BCUT2D eigenvalue weighted by Crippen LogP contribution is 1.95. The zero-order valence-electron chi connectivity index (χ0n) is 12.9. The molecule has 0 aliphatic heterocycles. The first-order valence-electron chi connectivity index (χ1n) is 7.32. The number of aliphatic hydroxyl groups excluding tert-OH is 1. The molecular weight excluding hydrogens is 226 g/mol. The van der Waals surface area contributed by atoms with Gasteiger partial charge in [0, 0.05) is 19.1 Å². The minimum absolute atomic E-state index is 0.257. The van der Waals surface area contributed by atoms with Crippen molar-refractivity contribution in [3.63, 3.8) is 0 Å². The molecule has 4 heteroatoms. The summed E-state index contributed by atoms with van der Waals surface area (Å²) in [5.41, 5.74) is 0. The molecule has 4 nitrogen and oxygen atoms in total. The fourth-order valence-corrected chi connectivity index (χ4v) is 1.82. The van der Waals surface area contributed by atoms with Crippen molar-refractivity contribution in [3.8, 4) is 0 Å². The van der Waals surface area contributed by atoms with Crippen LogP contribution >= 0.6 is 0 Å². The predicted molar refractivity (Wildman–Crippen MR) is 79.0 cm³/mol. The molecule has 2 N–H and O–H groups in total. The Labute approximate surface area is 113 Å². The van der Waals surface area contributed by atoms with E-state index in [9.17, 15) is 5.11 Å². The van der Waals surface area contributed by atoms with E-state index in [0.29, 0.717) is 12.6 Å². The van der Waals surface area contributed by atoms with Crippen molar-refractivity contribution in [3.05, 3.63) is 0 Å². The van der Waals surface area contributed by atoms with Gasteiger partial charge in [-0.15, -0.1) is 0 Å².